The van der Waals surface area contributed by atoms with Crippen molar-refractivity contribution in [2.45, 2.75) is 37.4 Å². The third-order valence-electron chi connectivity index (χ3n) is 2.83. The second-order valence-corrected chi connectivity index (χ2v) is 4.85. The smallest absolute Gasteiger partial charge is 0.326 e. The van der Waals surface area contributed by atoms with Crippen LogP contribution in [0.15, 0.2) is 0 Å². The van der Waals surface area contributed by atoms with Crippen LogP contribution in [-0.2, 0) is 24.0 Å². The molecule has 0 bridgehead atoms. The Morgan fingerprint density at radius 3 is 1.92 bits per heavy atom. The summed E-state index contributed by atoms with van der Waals surface area (Å²) < 4.78 is 0. The quantitative estimate of drug-likeness (QED) is 0.193. The number of rotatable bonds is 11. The summed E-state index contributed by atoms with van der Waals surface area (Å²) in [6, 6.07) is -4.38. The monoisotopic (exact) mass is 348 g/mol. The van der Waals surface area contributed by atoms with Crippen LogP contribution in [0.5, 0.6) is 0 Å². The van der Waals surface area contributed by atoms with Gasteiger partial charge < -0.3 is 37.4 Å². The first kappa shape index (κ1) is 21.3. The zero-order valence-corrected chi connectivity index (χ0v) is 12.6. The van der Waals surface area contributed by atoms with Crippen molar-refractivity contribution in [3.05, 3.63) is 0 Å². The molecule has 0 saturated heterocycles. The SMILES string of the molecule is NC(=O)CC(N)C(=O)NC(CO)C(=O)NC(CCC(=O)O)C(=O)O. The van der Waals surface area contributed by atoms with Crippen molar-refractivity contribution in [1.82, 2.24) is 10.6 Å². The maximum absolute atomic E-state index is 11.9. The van der Waals surface area contributed by atoms with Gasteiger partial charge in [0.25, 0.3) is 0 Å². The maximum atomic E-state index is 11.9. The van der Waals surface area contributed by atoms with E-state index in [0.717, 1.165) is 0 Å². The number of amides is 3. The molecule has 0 aromatic rings. The number of primary amides is 1. The Hall–Kier alpha value is -2.73. The van der Waals surface area contributed by atoms with Gasteiger partial charge in [0.15, 0.2) is 0 Å². The molecule has 0 radical (unpaired) electrons. The summed E-state index contributed by atoms with van der Waals surface area (Å²) in [7, 11) is 0. The predicted octanol–water partition coefficient (Wildman–Crippen LogP) is -3.90. The van der Waals surface area contributed by atoms with Crippen LogP contribution < -0.4 is 22.1 Å². The molecule has 0 fully saturated rings. The topological polar surface area (TPSA) is 222 Å². The van der Waals surface area contributed by atoms with E-state index in [1.807, 2.05) is 10.6 Å². The minimum atomic E-state index is -1.52. The molecule has 0 heterocycles. The van der Waals surface area contributed by atoms with Gasteiger partial charge >= 0.3 is 11.9 Å². The zero-order valence-electron chi connectivity index (χ0n) is 12.6. The molecule has 0 aliphatic rings. The Kier molecular flexibility index (Phi) is 8.97. The Labute approximate surface area is 136 Å². The first-order chi connectivity index (χ1) is 11.1. The van der Waals surface area contributed by atoms with Gasteiger partial charge in [-0.15, -0.1) is 0 Å². The summed E-state index contributed by atoms with van der Waals surface area (Å²) in [5, 5.41) is 30.6. The number of aliphatic hydroxyl groups is 1. The second-order valence-electron chi connectivity index (χ2n) is 4.85. The average Bonchev–Trinajstić information content (AvgIpc) is 2.47. The number of carbonyl (C=O) groups is 5. The van der Waals surface area contributed by atoms with Gasteiger partial charge in [-0.05, 0) is 6.42 Å². The fourth-order valence-corrected chi connectivity index (χ4v) is 1.58. The molecule has 0 aromatic carbocycles. The van der Waals surface area contributed by atoms with Gasteiger partial charge in [0.2, 0.25) is 17.7 Å². The summed E-state index contributed by atoms with van der Waals surface area (Å²) in [5.41, 5.74) is 10.2. The largest absolute Gasteiger partial charge is 0.481 e. The fraction of sp³-hybridized carbons (Fsp3) is 0.583. The summed E-state index contributed by atoms with van der Waals surface area (Å²) >= 11 is 0. The van der Waals surface area contributed by atoms with E-state index in [1.54, 1.807) is 0 Å². The predicted molar refractivity (Wildman–Crippen MR) is 77.2 cm³/mol. The third kappa shape index (κ3) is 8.05. The molecule has 0 rings (SSSR count). The molecule has 24 heavy (non-hydrogen) atoms. The van der Waals surface area contributed by atoms with Crippen molar-refractivity contribution in [2.24, 2.45) is 11.5 Å². The second kappa shape index (κ2) is 10.1. The number of aliphatic hydroxyl groups excluding tert-OH is 1. The average molecular weight is 348 g/mol. The van der Waals surface area contributed by atoms with Crippen LogP contribution >= 0.6 is 0 Å². The van der Waals surface area contributed by atoms with Gasteiger partial charge in [-0.3, -0.25) is 19.2 Å². The van der Waals surface area contributed by atoms with Gasteiger partial charge in [0.05, 0.1) is 19.1 Å². The molecule has 0 aliphatic carbocycles. The van der Waals surface area contributed by atoms with Crippen molar-refractivity contribution >= 4 is 29.7 Å². The number of aliphatic carboxylic acids is 2. The molecule has 9 N–H and O–H groups in total. The van der Waals surface area contributed by atoms with Crippen molar-refractivity contribution < 1.29 is 39.3 Å². The van der Waals surface area contributed by atoms with Crippen molar-refractivity contribution in [3.63, 3.8) is 0 Å². The molecule has 0 aromatic heterocycles. The minimum Gasteiger partial charge on any atom is -0.481 e. The van der Waals surface area contributed by atoms with Gasteiger partial charge in [-0.2, -0.15) is 0 Å². The Morgan fingerprint density at radius 1 is 0.958 bits per heavy atom. The zero-order chi connectivity index (χ0) is 18.9. The molecular weight excluding hydrogens is 328 g/mol. The van der Waals surface area contributed by atoms with Crippen LogP contribution in [0, 0.1) is 0 Å². The lowest BCUT2D eigenvalue weighted by Crippen LogP contribution is -2.56. The molecule has 3 amide bonds. The summed E-state index contributed by atoms with van der Waals surface area (Å²) in [6.45, 7) is -0.869. The van der Waals surface area contributed by atoms with E-state index in [1.165, 1.54) is 0 Å². The van der Waals surface area contributed by atoms with Crippen molar-refractivity contribution in [2.75, 3.05) is 6.61 Å². The van der Waals surface area contributed by atoms with Gasteiger partial charge in [-0.1, -0.05) is 0 Å². The Balaban J connectivity index is 4.76. The highest BCUT2D eigenvalue weighted by atomic mass is 16.4. The number of hydrogen-bond donors (Lipinski definition) is 7. The van der Waals surface area contributed by atoms with Crippen LogP contribution in [0.1, 0.15) is 19.3 Å². The first-order valence-electron chi connectivity index (χ1n) is 6.78. The lowest BCUT2D eigenvalue weighted by atomic mass is 10.1. The molecule has 3 unspecified atom stereocenters. The van der Waals surface area contributed by atoms with E-state index in [4.69, 9.17) is 26.8 Å². The molecule has 3 atom stereocenters. The van der Waals surface area contributed by atoms with E-state index < -0.39 is 67.2 Å². The lowest BCUT2D eigenvalue weighted by Gasteiger charge is -2.21. The number of nitrogens with two attached hydrogens (primary N) is 2. The normalized spacial score (nSPS) is 14.1. The number of carboxylic acids is 2. The van der Waals surface area contributed by atoms with E-state index in [0.29, 0.717) is 0 Å². The van der Waals surface area contributed by atoms with Crippen molar-refractivity contribution in [1.29, 1.82) is 0 Å². The molecule has 136 valence electrons. The summed E-state index contributed by atoms with van der Waals surface area (Å²) in [6.07, 6.45) is -1.37. The summed E-state index contributed by atoms with van der Waals surface area (Å²) in [4.78, 5) is 55.7. The fourth-order valence-electron chi connectivity index (χ4n) is 1.58. The summed E-state index contributed by atoms with van der Waals surface area (Å²) in [5.74, 6) is -5.56. The standard InChI is InChI=1S/C12H20N4O8/c13-5(3-8(14)18)10(21)16-7(4-17)11(22)15-6(12(23)24)1-2-9(19)20/h5-7,17H,1-4,13H2,(H2,14,18)(H,15,22)(H,16,21)(H,19,20)(H,23,24). The number of carbonyl (C=O) groups excluding carboxylic acids is 3. The van der Waals surface area contributed by atoms with Gasteiger partial charge in [0.1, 0.15) is 12.1 Å². The molecule has 0 spiro atoms. The Morgan fingerprint density at radius 2 is 1.50 bits per heavy atom. The number of hydrogen-bond acceptors (Lipinski definition) is 7. The van der Waals surface area contributed by atoms with E-state index >= 15 is 0 Å². The molecular formula is C12H20N4O8. The molecule has 12 heteroatoms. The molecule has 0 aliphatic heterocycles. The lowest BCUT2D eigenvalue weighted by molar-refractivity contribution is -0.143. The van der Waals surface area contributed by atoms with Crippen LogP contribution in [-0.4, -0.2) is 69.7 Å². The van der Waals surface area contributed by atoms with E-state index in [-0.39, 0.29) is 6.42 Å². The van der Waals surface area contributed by atoms with Gasteiger partial charge in [0, 0.05) is 6.42 Å². The van der Waals surface area contributed by atoms with E-state index in [2.05, 4.69) is 0 Å². The molecule has 12 nitrogen and oxygen atoms in total. The first-order valence-corrected chi connectivity index (χ1v) is 6.78. The molecule has 0 saturated carbocycles. The Bertz CT molecular complexity index is 509. The van der Waals surface area contributed by atoms with Crippen molar-refractivity contribution in [3.8, 4) is 0 Å². The maximum Gasteiger partial charge on any atom is 0.326 e. The number of carboxylic acid groups (broad SMARTS) is 2. The highest BCUT2D eigenvalue weighted by molar-refractivity contribution is 5.93. The highest BCUT2D eigenvalue weighted by Crippen LogP contribution is 1.99. The van der Waals surface area contributed by atoms with Crippen LogP contribution in [0.25, 0.3) is 0 Å². The van der Waals surface area contributed by atoms with E-state index in [9.17, 15) is 24.0 Å². The third-order valence-corrected chi connectivity index (χ3v) is 2.83. The highest BCUT2D eigenvalue weighted by Gasteiger charge is 2.28. The van der Waals surface area contributed by atoms with Crippen LogP contribution in [0.4, 0.5) is 0 Å². The number of nitrogens with one attached hydrogen (secondary N) is 2. The van der Waals surface area contributed by atoms with Gasteiger partial charge in [-0.25, -0.2) is 4.79 Å². The minimum absolute atomic E-state index is 0.385. The van der Waals surface area contributed by atoms with Crippen LogP contribution in [0.3, 0.4) is 0 Å². The van der Waals surface area contributed by atoms with Crippen LogP contribution in [0.2, 0.25) is 0 Å².